The zero-order valence-electron chi connectivity index (χ0n) is 28.3. The van der Waals surface area contributed by atoms with Crippen LogP contribution in [-0.4, -0.2) is 52.7 Å². The lowest BCUT2D eigenvalue weighted by molar-refractivity contribution is -0.126. The molecule has 6 atom stereocenters. The lowest BCUT2D eigenvalue weighted by atomic mass is 9.78. The second kappa shape index (κ2) is 19.1. The number of aromatic nitrogens is 2. The van der Waals surface area contributed by atoms with E-state index in [9.17, 15) is 4.79 Å². The Morgan fingerprint density at radius 2 is 2.00 bits per heavy atom. The molecule has 0 aliphatic carbocycles. The molecule has 0 saturated carbocycles. The Bertz CT molecular complexity index is 1010. The van der Waals surface area contributed by atoms with Gasteiger partial charge in [0.25, 0.3) is 0 Å². The predicted molar refractivity (Wildman–Crippen MR) is 177 cm³/mol. The quantitative estimate of drug-likeness (QED) is 0.227. The molecule has 1 amide bonds. The number of amides is 1. The SMILES string of the molecule is CC.CC/C=C\NC(CCCC(C)CC)c1cn2c(n1)N=C(C1COCCC1(C)F)C(CC1CCCNC1=O)N2.CCC. The Hall–Kier alpha value is -2.42. The Morgan fingerprint density at radius 1 is 1.26 bits per heavy atom. The van der Waals surface area contributed by atoms with Crippen molar-refractivity contribution in [3.05, 3.63) is 24.2 Å². The Morgan fingerprint density at radius 3 is 2.65 bits per heavy atom. The van der Waals surface area contributed by atoms with Crippen LogP contribution in [0.2, 0.25) is 0 Å². The fourth-order valence-corrected chi connectivity index (χ4v) is 5.70. The number of piperidine rings is 1. The van der Waals surface area contributed by atoms with Crippen LogP contribution in [0.25, 0.3) is 0 Å². The molecule has 0 radical (unpaired) electrons. The van der Waals surface area contributed by atoms with Gasteiger partial charge in [-0.3, -0.25) is 4.79 Å². The molecular weight excluding hydrogens is 543 g/mol. The van der Waals surface area contributed by atoms with Crippen LogP contribution >= 0.6 is 0 Å². The Labute approximate surface area is 261 Å². The van der Waals surface area contributed by atoms with E-state index in [1.807, 2.05) is 30.9 Å². The minimum absolute atomic E-state index is 0.0624. The molecule has 1 aromatic heterocycles. The largest absolute Gasteiger partial charge is 0.383 e. The Balaban J connectivity index is 0.00000121. The molecule has 4 rings (SSSR count). The van der Waals surface area contributed by atoms with Crippen molar-refractivity contribution in [3.63, 3.8) is 0 Å². The van der Waals surface area contributed by atoms with Crippen LogP contribution in [0, 0.1) is 17.8 Å². The van der Waals surface area contributed by atoms with E-state index in [2.05, 4.69) is 56.8 Å². The fourth-order valence-electron chi connectivity index (χ4n) is 5.70. The average molecular weight is 605 g/mol. The standard InChI is InChI=1S/C29H47FN6O2.C3H8.C2H6/c1-5-7-14-31-23(12-8-10-20(3)6-2)25-18-36-28(33-25)34-26(22-19-38-16-13-29(22,4)30)24(35-36)17-21-11-9-15-32-27(21)37;1-3-2;1-2/h7,14,18,20-24,31,35H,5-6,8-13,15-17,19H2,1-4H3,(H,32,37);3H2,1-2H3;1-2H3/b14-7-;;. The van der Waals surface area contributed by atoms with Crippen LogP contribution in [0.1, 0.15) is 131 Å². The monoisotopic (exact) mass is 604 g/mol. The van der Waals surface area contributed by atoms with Gasteiger partial charge >= 0.3 is 0 Å². The summed E-state index contributed by atoms with van der Waals surface area (Å²) in [5.74, 6) is 0.711. The van der Waals surface area contributed by atoms with Gasteiger partial charge in [0.15, 0.2) is 0 Å². The number of nitrogens with zero attached hydrogens (tertiary/aromatic N) is 3. The molecule has 3 N–H and O–H groups in total. The highest BCUT2D eigenvalue weighted by molar-refractivity contribution is 5.96. The van der Waals surface area contributed by atoms with Crippen molar-refractivity contribution in [1.82, 2.24) is 20.3 Å². The van der Waals surface area contributed by atoms with E-state index < -0.39 is 11.6 Å². The second-order valence-electron chi connectivity index (χ2n) is 12.3. The first kappa shape index (κ1) is 36.8. The van der Waals surface area contributed by atoms with Crippen molar-refractivity contribution in [3.8, 4) is 0 Å². The van der Waals surface area contributed by atoms with Gasteiger partial charge in [-0.05, 0) is 51.1 Å². The molecule has 6 unspecified atom stereocenters. The second-order valence-corrected chi connectivity index (χ2v) is 12.3. The summed E-state index contributed by atoms with van der Waals surface area (Å²) in [6.07, 6.45) is 15.5. The number of hydrogen-bond donors (Lipinski definition) is 3. The molecule has 9 heteroatoms. The molecule has 8 nitrogen and oxygen atoms in total. The Kier molecular flexibility index (Phi) is 16.3. The first-order valence-electron chi connectivity index (χ1n) is 17.1. The predicted octanol–water partition coefficient (Wildman–Crippen LogP) is 7.78. The maximum atomic E-state index is 15.8. The van der Waals surface area contributed by atoms with Crippen LogP contribution in [0.5, 0.6) is 0 Å². The number of carbonyl (C=O) groups is 1. The molecular formula is C34H61FN6O2. The number of imidazole rings is 1. The van der Waals surface area contributed by atoms with E-state index in [1.54, 1.807) is 6.92 Å². The molecule has 3 aliphatic heterocycles. The van der Waals surface area contributed by atoms with Crippen molar-refractivity contribution in [2.45, 2.75) is 137 Å². The number of rotatable bonds is 12. The molecule has 3 aliphatic rings. The summed E-state index contributed by atoms with van der Waals surface area (Å²) >= 11 is 0. The highest BCUT2D eigenvalue weighted by Gasteiger charge is 2.45. The summed E-state index contributed by atoms with van der Waals surface area (Å²) in [4.78, 5) is 22.5. The minimum atomic E-state index is -1.42. The number of hydrogen-bond acceptors (Lipinski definition) is 6. The van der Waals surface area contributed by atoms with Gasteiger partial charge in [0, 0.05) is 25.5 Å². The normalized spacial score (nSPS) is 26.4. The average Bonchev–Trinajstić information content (AvgIpc) is 3.41. The third-order valence-corrected chi connectivity index (χ3v) is 8.50. The third kappa shape index (κ3) is 10.9. The van der Waals surface area contributed by atoms with Crippen molar-refractivity contribution in [1.29, 1.82) is 0 Å². The fraction of sp³-hybridized carbons (Fsp3) is 0.794. The van der Waals surface area contributed by atoms with E-state index in [0.717, 1.165) is 44.3 Å². The minimum Gasteiger partial charge on any atom is -0.383 e. The number of alkyl halides is 1. The van der Waals surface area contributed by atoms with Gasteiger partial charge in [0.05, 0.1) is 42.2 Å². The third-order valence-electron chi connectivity index (χ3n) is 8.50. The molecule has 2 fully saturated rings. The van der Waals surface area contributed by atoms with Crippen LogP contribution in [0.15, 0.2) is 23.5 Å². The van der Waals surface area contributed by atoms with Gasteiger partial charge in [-0.25, -0.2) is 19.0 Å². The molecule has 0 spiro atoms. The number of halogens is 1. The zero-order valence-corrected chi connectivity index (χ0v) is 28.3. The molecule has 2 saturated heterocycles. The lowest BCUT2D eigenvalue weighted by Crippen LogP contribution is -2.52. The number of ether oxygens (including phenoxy) is 1. The molecule has 43 heavy (non-hydrogen) atoms. The van der Waals surface area contributed by atoms with Gasteiger partial charge in [-0.15, -0.1) is 0 Å². The van der Waals surface area contributed by atoms with Crippen LogP contribution < -0.4 is 16.1 Å². The summed E-state index contributed by atoms with van der Waals surface area (Å²) < 4.78 is 23.3. The number of carbonyl (C=O) groups excluding carboxylic acids is 1. The molecule has 0 bridgehead atoms. The highest BCUT2D eigenvalue weighted by atomic mass is 19.1. The zero-order chi connectivity index (χ0) is 31.8. The van der Waals surface area contributed by atoms with Crippen molar-refractivity contribution >= 4 is 17.6 Å². The highest BCUT2D eigenvalue weighted by Crippen LogP contribution is 2.36. The van der Waals surface area contributed by atoms with Gasteiger partial charge < -0.3 is 20.8 Å². The van der Waals surface area contributed by atoms with E-state index in [-0.39, 0.29) is 30.5 Å². The number of allylic oxidation sites excluding steroid dienone is 1. The van der Waals surface area contributed by atoms with Gasteiger partial charge in [-0.2, -0.15) is 0 Å². The molecule has 246 valence electrons. The van der Waals surface area contributed by atoms with E-state index in [4.69, 9.17) is 14.7 Å². The van der Waals surface area contributed by atoms with Gasteiger partial charge in [0.2, 0.25) is 11.9 Å². The van der Waals surface area contributed by atoms with E-state index in [1.165, 1.54) is 19.3 Å². The maximum absolute atomic E-state index is 15.8. The smallest absolute Gasteiger partial charge is 0.248 e. The van der Waals surface area contributed by atoms with Crippen molar-refractivity contribution in [2.75, 3.05) is 25.2 Å². The summed E-state index contributed by atoms with van der Waals surface area (Å²) in [6.45, 7) is 18.0. The van der Waals surface area contributed by atoms with Crippen LogP contribution in [0.3, 0.4) is 0 Å². The van der Waals surface area contributed by atoms with Crippen LogP contribution in [-0.2, 0) is 9.53 Å². The number of fused-ring (bicyclic) bond motifs is 1. The maximum Gasteiger partial charge on any atom is 0.248 e. The van der Waals surface area contributed by atoms with Crippen molar-refractivity contribution in [2.24, 2.45) is 22.7 Å². The summed E-state index contributed by atoms with van der Waals surface area (Å²) in [5, 5.41) is 6.53. The lowest BCUT2D eigenvalue weighted by Gasteiger charge is -2.40. The number of nitrogens with one attached hydrogen (secondary N) is 3. The molecule has 1 aromatic rings. The van der Waals surface area contributed by atoms with E-state index >= 15 is 4.39 Å². The van der Waals surface area contributed by atoms with Gasteiger partial charge in [0.1, 0.15) is 5.67 Å². The van der Waals surface area contributed by atoms with Gasteiger partial charge in [-0.1, -0.05) is 80.2 Å². The van der Waals surface area contributed by atoms with E-state index in [0.29, 0.717) is 37.0 Å². The first-order valence-corrected chi connectivity index (χ1v) is 17.1. The summed E-state index contributed by atoms with van der Waals surface area (Å²) in [7, 11) is 0. The first-order chi connectivity index (χ1) is 20.7. The van der Waals surface area contributed by atoms with Crippen molar-refractivity contribution < 1.29 is 13.9 Å². The molecule has 4 heterocycles. The number of aliphatic imine (C=N–C) groups is 1. The summed E-state index contributed by atoms with van der Waals surface area (Å²) in [5.41, 5.74) is 3.76. The molecule has 0 aromatic carbocycles. The van der Waals surface area contributed by atoms with Crippen LogP contribution in [0.4, 0.5) is 10.3 Å². The topological polar surface area (TPSA) is 92.6 Å². The summed E-state index contributed by atoms with van der Waals surface area (Å²) in [6, 6.07) is -0.204.